The Hall–Kier alpha value is -1.86. The van der Waals surface area contributed by atoms with E-state index in [-0.39, 0.29) is 5.91 Å². The van der Waals surface area contributed by atoms with Gasteiger partial charge in [0.25, 0.3) is 5.91 Å². The summed E-state index contributed by atoms with van der Waals surface area (Å²) in [7, 11) is 1.99. The molecule has 0 unspecified atom stereocenters. The first-order valence-corrected chi connectivity index (χ1v) is 9.19. The van der Waals surface area contributed by atoms with Crippen LogP contribution in [0.3, 0.4) is 0 Å². The summed E-state index contributed by atoms with van der Waals surface area (Å²) >= 11 is 1.39. The number of rotatable bonds is 5. The number of carbonyl (C=O) groups is 1. The first-order chi connectivity index (χ1) is 11.7. The predicted molar refractivity (Wildman–Crippen MR) is 95.0 cm³/mol. The minimum Gasteiger partial charge on any atom is -0.338 e. The highest BCUT2D eigenvalue weighted by Gasteiger charge is 2.26. The van der Waals surface area contributed by atoms with Crippen molar-refractivity contribution in [1.82, 2.24) is 25.2 Å². The normalized spacial score (nSPS) is 15.7. The van der Waals surface area contributed by atoms with Gasteiger partial charge in [-0.25, -0.2) is 15.0 Å². The molecule has 2 aromatic rings. The standard InChI is InChI=1S/C17H23N5OS/c1-12-14(24-16(21-12)15-19-7-3-8-20-15)17(23)22-10-5-13(6-11-22)4-9-18-2/h3,7-8,13,18H,4-6,9-11H2,1-2H3. The number of thiazole rings is 1. The summed E-state index contributed by atoms with van der Waals surface area (Å²) in [6.07, 6.45) is 6.74. The van der Waals surface area contributed by atoms with E-state index in [4.69, 9.17) is 0 Å². The van der Waals surface area contributed by atoms with Gasteiger partial charge >= 0.3 is 0 Å². The van der Waals surface area contributed by atoms with E-state index in [0.717, 1.165) is 44.1 Å². The van der Waals surface area contributed by atoms with E-state index in [9.17, 15) is 4.79 Å². The molecule has 0 saturated carbocycles. The van der Waals surface area contributed by atoms with Crippen molar-refractivity contribution >= 4 is 17.2 Å². The Bertz CT molecular complexity index is 680. The lowest BCUT2D eigenvalue weighted by atomic mass is 9.93. The second kappa shape index (κ2) is 7.81. The molecule has 1 aliphatic heterocycles. The van der Waals surface area contributed by atoms with Gasteiger partial charge in [-0.2, -0.15) is 0 Å². The van der Waals surface area contributed by atoms with Crippen LogP contribution in [0.1, 0.15) is 34.6 Å². The maximum absolute atomic E-state index is 12.8. The van der Waals surface area contributed by atoms with Crippen molar-refractivity contribution < 1.29 is 4.79 Å². The number of nitrogens with one attached hydrogen (secondary N) is 1. The fourth-order valence-electron chi connectivity index (χ4n) is 3.02. The monoisotopic (exact) mass is 345 g/mol. The summed E-state index contributed by atoms with van der Waals surface area (Å²) in [5.74, 6) is 1.40. The van der Waals surface area contributed by atoms with E-state index in [1.165, 1.54) is 17.8 Å². The average Bonchev–Trinajstić information content (AvgIpc) is 3.02. The van der Waals surface area contributed by atoms with Gasteiger partial charge in [0.2, 0.25) is 0 Å². The maximum Gasteiger partial charge on any atom is 0.265 e. The van der Waals surface area contributed by atoms with Crippen molar-refractivity contribution in [2.75, 3.05) is 26.7 Å². The quantitative estimate of drug-likeness (QED) is 0.901. The van der Waals surface area contributed by atoms with Crippen molar-refractivity contribution in [2.45, 2.75) is 26.2 Å². The van der Waals surface area contributed by atoms with Gasteiger partial charge in [0.15, 0.2) is 10.8 Å². The SMILES string of the molecule is CNCCC1CCN(C(=O)c2sc(-c3ncccn3)nc2C)CC1. The first-order valence-electron chi connectivity index (χ1n) is 8.37. The summed E-state index contributed by atoms with van der Waals surface area (Å²) in [4.78, 5) is 28.4. The fraction of sp³-hybridized carbons (Fsp3) is 0.529. The number of hydrogen-bond donors (Lipinski definition) is 1. The summed E-state index contributed by atoms with van der Waals surface area (Å²) in [6.45, 7) is 4.60. The third-order valence-electron chi connectivity index (χ3n) is 4.45. The number of likely N-dealkylation sites (tertiary alicyclic amines) is 1. The molecular formula is C17H23N5OS. The van der Waals surface area contributed by atoms with Gasteiger partial charge in [0.1, 0.15) is 4.88 Å². The van der Waals surface area contributed by atoms with Gasteiger partial charge < -0.3 is 10.2 Å². The van der Waals surface area contributed by atoms with Crippen LogP contribution in [-0.4, -0.2) is 52.4 Å². The highest BCUT2D eigenvalue weighted by molar-refractivity contribution is 7.17. The van der Waals surface area contributed by atoms with Gasteiger partial charge in [-0.3, -0.25) is 4.79 Å². The summed E-state index contributed by atoms with van der Waals surface area (Å²) in [6, 6.07) is 1.77. The van der Waals surface area contributed by atoms with Crippen LogP contribution in [0.15, 0.2) is 18.5 Å². The van der Waals surface area contributed by atoms with E-state index in [1.54, 1.807) is 18.5 Å². The lowest BCUT2D eigenvalue weighted by molar-refractivity contribution is 0.0691. The van der Waals surface area contributed by atoms with E-state index in [2.05, 4.69) is 20.3 Å². The Kier molecular flexibility index (Phi) is 5.52. The Morgan fingerprint density at radius 3 is 2.71 bits per heavy atom. The molecule has 128 valence electrons. The molecule has 3 rings (SSSR count). The van der Waals surface area contributed by atoms with Crippen molar-refractivity contribution in [3.8, 4) is 10.8 Å². The fourth-order valence-corrected chi connectivity index (χ4v) is 4.00. The van der Waals surface area contributed by atoms with Crippen LogP contribution in [0, 0.1) is 12.8 Å². The Labute approximate surface area is 146 Å². The number of carbonyl (C=O) groups excluding carboxylic acids is 1. The summed E-state index contributed by atoms with van der Waals surface area (Å²) in [5, 5.41) is 3.91. The zero-order valence-electron chi connectivity index (χ0n) is 14.2. The van der Waals surface area contributed by atoms with E-state index < -0.39 is 0 Å². The van der Waals surface area contributed by atoms with Crippen LogP contribution < -0.4 is 5.32 Å². The van der Waals surface area contributed by atoms with Gasteiger partial charge in [-0.15, -0.1) is 11.3 Å². The van der Waals surface area contributed by atoms with E-state index in [0.29, 0.717) is 15.7 Å². The van der Waals surface area contributed by atoms with Crippen molar-refractivity contribution in [3.05, 3.63) is 29.0 Å². The molecule has 0 radical (unpaired) electrons. The number of amides is 1. The maximum atomic E-state index is 12.8. The Morgan fingerprint density at radius 1 is 1.33 bits per heavy atom. The Balaban J connectivity index is 1.67. The van der Waals surface area contributed by atoms with Crippen LogP contribution >= 0.6 is 11.3 Å². The second-order valence-electron chi connectivity index (χ2n) is 6.13. The summed E-state index contributed by atoms with van der Waals surface area (Å²) in [5.41, 5.74) is 0.768. The van der Waals surface area contributed by atoms with Gasteiger partial charge in [-0.1, -0.05) is 0 Å². The average molecular weight is 345 g/mol. The molecule has 1 amide bonds. The zero-order valence-corrected chi connectivity index (χ0v) is 15.0. The number of piperidine rings is 1. The molecule has 6 nitrogen and oxygen atoms in total. The zero-order chi connectivity index (χ0) is 16.9. The molecule has 0 aromatic carbocycles. The summed E-state index contributed by atoms with van der Waals surface area (Å²) < 4.78 is 0. The largest absolute Gasteiger partial charge is 0.338 e. The third kappa shape index (κ3) is 3.79. The van der Waals surface area contributed by atoms with Crippen LogP contribution in [0.25, 0.3) is 10.8 Å². The molecule has 1 N–H and O–H groups in total. The molecule has 1 fully saturated rings. The Morgan fingerprint density at radius 2 is 2.04 bits per heavy atom. The van der Waals surface area contributed by atoms with Crippen LogP contribution in [0.4, 0.5) is 0 Å². The van der Waals surface area contributed by atoms with Crippen LogP contribution in [0.5, 0.6) is 0 Å². The number of aromatic nitrogens is 3. The highest BCUT2D eigenvalue weighted by atomic mass is 32.1. The number of nitrogens with zero attached hydrogens (tertiary/aromatic N) is 4. The molecule has 0 atom stereocenters. The number of hydrogen-bond acceptors (Lipinski definition) is 6. The molecule has 0 spiro atoms. The number of aryl methyl sites for hydroxylation is 1. The minimum atomic E-state index is 0.0965. The van der Waals surface area contributed by atoms with Gasteiger partial charge in [0, 0.05) is 25.5 Å². The molecule has 7 heteroatoms. The van der Waals surface area contributed by atoms with E-state index in [1.807, 2.05) is 18.9 Å². The van der Waals surface area contributed by atoms with E-state index >= 15 is 0 Å². The highest BCUT2D eigenvalue weighted by Crippen LogP contribution is 2.28. The third-order valence-corrected chi connectivity index (χ3v) is 5.59. The van der Waals surface area contributed by atoms with Gasteiger partial charge in [0.05, 0.1) is 5.69 Å². The molecular weight excluding hydrogens is 322 g/mol. The smallest absolute Gasteiger partial charge is 0.265 e. The molecule has 1 saturated heterocycles. The van der Waals surface area contributed by atoms with Crippen LogP contribution in [-0.2, 0) is 0 Å². The van der Waals surface area contributed by atoms with Crippen molar-refractivity contribution in [2.24, 2.45) is 5.92 Å². The lowest BCUT2D eigenvalue weighted by Gasteiger charge is -2.31. The predicted octanol–water partition coefficient (Wildman–Crippen LogP) is 2.37. The second-order valence-corrected chi connectivity index (χ2v) is 7.13. The molecule has 24 heavy (non-hydrogen) atoms. The first kappa shape index (κ1) is 17.0. The molecule has 0 bridgehead atoms. The molecule has 3 heterocycles. The molecule has 2 aromatic heterocycles. The van der Waals surface area contributed by atoms with Crippen LogP contribution in [0.2, 0.25) is 0 Å². The van der Waals surface area contributed by atoms with Gasteiger partial charge in [-0.05, 0) is 51.8 Å². The topological polar surface area (TPSA) is 71.0 Å². The van der Waals surface area contributed by atoms with Crippen molar-refractivity contribution in [3.63, 3.8) is 0 Å². The molecule has 0 aliphatic carbocycles. The molecule has 1 aliphatic rings. The lowest BCUT2D eigenvalue weighted by Crippen LogP contribution is -2.38. The minimum absolute atomic E-state index is 0.0965. The van der Waals surface area contributed by atoms with Crippen molar-refractivity contribution in [1.29, 1.82) is 0 Å².